The number of likely N-dealkylation sites (tertiary alicyclic amines) is 1. The van der Waals surface area contributed by atoms with Gasteiger partial charge in [0.2, 0.25) is 11.8 Å². The van der Waals surface area contributed by atoms with Crippen LogP contribution in [0.1, 0.15) is 36.5 Å². The van der Waals surface area contributed by atoms with Crippen LogP contribution in [0.3, 0.4) is 0 Å². The highest BCUT2D eigenvalue weighted by Crippen LogP contribution is 2.16. The second-order valence-electron chi connectivity index (χ2n) is 5.31. The number of piperidine rings is 1. The molecule has 1 heterocycles. The third-order valence-corrected chi connectivity index (χ3v) is 3.74. The lowest BCUT2D eigenvalue weighted by atomic mass is 10.0. The van der Waals surface area contributed by atoms with Crippen LogP contribution in [-0.2, 0) is 4.79 Å². The molecule has 1 aromatic rings. The summed E-state index contributed by atoms with van der Waals surface area (Å²) in [6.45, 7) is 3.56. The Kier molecular flexibility index (Phi) is 4.74. The highest BCUT2D eigenvalue weighted by molar-refractivity contribution is 5.95. The number of carbonyl (C=O) groups excluding carboxylic acids is 2. The SMILES string of the molecule is CC1CCCCN1CC(=O)Nc1ccc(C(N)=O)cc1. The quantitative estimate of drug-likeness (QED) is 0.876. The van der Waals surface area contributed by atoms with Gasteiger partial charge < -0.3 is 11.1 Å². The lowest BCUT2D eigenvalue weighted by Crippen LogP contribution is -2.42. The van der Waals surface area contributed by atoms with Gasteiger partial charge in [-0.25, -0.2) is 0 Å². The number of rotatable bonds is 4. The van der Waals surface area contributed by atoms with Crippen molar-refractivity contribution < 1.29 is 9.59 Å². The molecule has 1 unspecified atom stereocenters. The van der Waals surface area contributed by atoms with Gasteiger partial charge in [-0.15, -0.1) is 0 Å². The topological polar surface area (TPSA) is 75.4 Å². The Morgan fingerprint density at radius 2 is 2.00 bits per heavy atom. The summed E-state index contributed by atoms with van der Waals surface area (Å²) in [5.41, 5.74) is 6.29. The van der Waals surface area contributed by atoms with Crippen molar-refractivity contribution in [1.29, 1.82) is 0 Å². The highest BCUT2D eigenvalue weighted by atomic mass is 16.2. The fourth-order valence-corrected chi connectivity index (χ4v) is 2.50. The number of anilines is 1. The minimum Gasteiger partial charge on any atom is -0.366 e. The molecule has 1 atom stereocenters. The van der Waals surface area contributed by atoms with E-state index in [1.165, 1.54) is 6.42 Å². The molecule has 0 aliphatic carbocycles. The van der Waals surface area contributed by atoms with Crippen LogP contribution in [0, 0.1) is 0 Å². The average Bonchev–Trinajstić information content (AvgIpc) is 2.42. The summed E-state index contributed by atoms with van der Waals surface area (Å²) in [5, 5.41) is 2.84. The molecule has 1 saturated heterocycles. The van der Waals surface area contributed by atoms with Gasteiger partial charge in [-0.2, -0.15) is 0 Å². The number of amides is 2. The van der Waals surface area contributed by atoms with E-state index >= 15 is 0 Å². The molecule has 2 amide bonds. The van der Waals surface area contributed by atoms with E-state index in [0.717, 1.165) is 19.4 Å². The minimum atomic E-state index is -0.468. The van der Waals surface area contributed by atoms with E-state index in [0.29, 0.717) is 23.8 Å². The normalized spacial score (nSPS) is 19.6. The number of benzene rings is 1. The van der Waals surface area contributed by atoms with Crippen LogP contribution >= 0.6 is 0 Å². The molecule has 5 heteroatoms. The Morgan fingerprint density at radius 3 is 2.60 bits per heavy atom. The van der Waals surface area contributed by atoms with Gasteiger partial charge in [-0.05, 0) is 50.6 Å². The zero-order valence-corrected chi connectivity index (χ0v) is 11.8. The zero-order valence-electron chi connectivity index (χ0n) is 11.8. The molecule has 1 aliphatic heterocycles. The van der Waals surface area contributed by atoms with E-state index in [2.05, 4.69) is 17.1 Å². The summed E-state index contributed by atoms with van der Waals surface area (Å²) in [5.74, 6) is -0.490. The fourth-order valence-electron chi connectivity index (χ4n) is 2.50. The second kappa shape index (κ2) is 6.52. The van der Waals surface area contributed by atoms with Gasteiger partial charge in [0.25, 0.3) is 0 Å². The maximum atomic E-state index is 12.0. The Morgan fingerprint density at radius 1 is 1.30 bits per heavy atom. The van der Waals surface area contributed by atoms with Gasteiger partial charge in [0.15, 0.2) is 0 Å². The third kappa shape index (κ3) is 3.81. The summed E-state index contributed by atoms with van der Waals surface area (Å²) in [7, 11) is 0. The Labute approximate surface area is 119 Å². The molecule has 1 fully saturated rings. The maximum absolute atomic E-state index is 12.0. The number of nitrogens with two attached hydrogens (primary N) is 1. The maximum Gasteiger partial charge on any atom is 0.248 e. The fraction of sp³-hybridized carbons (Fsp3) is 0.467. The van der Waals surface area contributed by atoms with Crippen LogP contribution in [0.2, 0.25) is 0 Å². The molecule has 0 bridgehead atoms. The standard InChI is InChI=1S/C15H21N3O2/c1-11-4-2-3-9-18(11)10-14(19)17-13-7-5-12(6-8-13)15(16)20/h5-8,11H,2-4,9-10H2,1H3,(H2,16,20)(H,17,19). The van der Waals surface area contributed by atoms with Crippen molar-refractivity contribution in [2.75, 3.05) is 18.4 Å². The monoisotopic (exact) mass is 275 g/mol. The molecular weight excluding hydrogens is 254 g/mol. The van der Waals surface area contributed by atoms with Crippen molar-refractivity contribution >= 4 is 17.5 Å². The van der Waals surface area contributed by atoms with Gasteiger partial charge >= 0.3 is 0 Å². The van der Waals surface area contributed by atoms with Crippen molar-refractivity contribution in [3.63, 3.8) is 0 Å². The zero-order chi connectivity index (χ0) is 14.5. The summed E-state index contributed by atoms with van der Waals surface area (Å²) < 4.78 is 0. The Bertz CT molecular complexity index is 484. The van der Waals surface area contributed by atoms with E-state index in [4.69, 9.17) is 5.73 Å². The first kappa shape index (κ1) is 14.5. The van der Waals surface area contributed by atoms with Crippen LogP contribution in [0.25, 0.3) is 0 Å². The molecule has 3 N–H and O–H groups in total. The molecule has 1 aliphatic rings. The van der Waals surface area contributed by atoms with E-state index in [1.807, 2.05) is 0 Å². The van der Waals surface area contributed by atoms with E-state index in [1.54, 1.807) is 24.3 Å². The van der Waals surface area contributed by atoms with Crippen molar-refractivity contribution in [2.24, 2.45) is 5.73 Å². The first-order valence-corrected chi connectivity index (χ1v) is 7.00. The predicted octanol–water partition coefficient (Wildman–Crippen LogP) is 1.60. The van der Waals surface area contributed by atoms with E-state index in [-0.39, 0.29) is 5.91 Å². The second-order valence-corrected chi connectivity index (χ2v) is 5.31. The largest absolute Gasteiger partial charge is 0.366 e. The van der Waals surface area contributed by atoms with Gasteiger partial charge in [-0.3, -0.25) is 14.5 Å². The average molecular weight is 275 g/mol. The van der Waals surface area contributed by atoms with Gasteiger partial charge in [0, 0.05) is 17.3 Å². The molecular formula is C15H21N3O2. The molecule has 0 aromatic heterocycles. The van der Waals surface area contributed by atoms with Crippen LogP contribution < -0.4 is 11.1 Å². The minimum absolute atomic E-state index is 0.0226. The Balaban J connectivity index is 1.89. The van der Waals surface area contributed by atoms with Crippen molar-refractivity contribution in [2.45, 2.75) is 32.2 Å². The molecule has 0 radical (unpaired) electrons. The van der Waals surface area contributed by atoms with Crippen LogP contribution in [0.15, 0.2) is 24.3 Å². The van der Waals surface area contributed by atoms with E-state index in [9.17, 15) is 9.59 Å². The first-order valence-electron chi connectivity index (χ1n) is 7.00. The summed E-state index contributed by atoms with van der Waals surface area (Å²) in [4.78, 5) is 25.2. The van der Waals surface area contributed by atoms with Crippen LogP contribution in [-0.4, -0.2) is 35.8 Å². The van der Waals surface area contributed by atoms with Crippen LogP contribution in [0.5, 0.6) is 0 Å². The smallest absolute Gasteiger partial charge is 0.248 e. The molecule has 5 nitrogen and oxygen atoms in total. The van der Waals surface area contributed by atoms with Gasteiger partial charge in [0.1, 0.15) is 0 Å². The number of hydrogen-bond acceptors (Lipinski definition) is 3. The molecule has 1 aromatic carbocycles. The van der Waals surface area contributed by atoms with Gasteiger partial charge in [0.05, 0.1) is 6.54 Å². The number of carbonyl (C=O) groups is 2. The number of primary amides is 1. The van der Waals surface area contributed by atoms with Crippen molar-refractivity contribution in [3.05, 3.63) is 29.8 Å². The lowest BCUT2D eigenvalue weighted by molar-refractivity contribution is -0.118. The van der Waals surface area contributed by atoms with Crippen molar-refractivity contribution in [1.82, 2.24) is 4.90 Å². The molecule has 2 rings (SSSR count). The number of nitrogens with zero attached hydrogens (tertiary/aromatic N) is 1. The first-order chi connectivity index (χ1) is 9.56. The molecule has 0 saturated carbocycles. The predicted molar refractivity (Wildman–Crippen MR) is 78.5 cm³/mol. The molecule has 108 valence electrons. The number of nitrogens with one attached hydrogen (secondary N) is 1. The highest BCUT2D eigenvalue weighted by Gasteiger charge is 2.20. The molecule has 20 heavy (non-hydrogen) atoms. The number of hydrogen-bond donors (Lipinski definition) is 2. The Hall–Kier alpha value is -1.88. The van der Waals surface area contributed by atoms with Gasteiger partial charge in [-0.1, -0.05) is 6.42 Å². The van der Waals surface area contributed by atoms with E-state index < -0.39 is 5.91 Å². The summed E-state index contributed by atoms with van der Waals surface area (Å²) in [6.07, 6.45) is 3.55. The van der Waals surface area contributed by atoms with Crippen LogP contribution in [0.4, 0.5) is 5.69 Å². The third-order valence-electron chi connectivity index (χ3n) is 3.74. The molecule has 0 spiro atoms. The summed E-state index contributed by atoms with van der Waals surface area (Å²) >= 11 is 0. The summed E-state index contributed by atoms with van der Waals surface area (Å²) in [6, 6.07) is 7.07. The van der Waals surface area contributed by atoms with Crippen molar-refractivity contribution in [3.8, 4) is 0 Å². The lowest BCUT2D eigenvalue weighted by Gasteiger charge is -2.32.